The smallest absolute Gasteiger partial charge is 0.273 e. The zero-order chi connectivity index (χ0) is 14.1. The third-order valence-corrected chi connectivity index (χ3v) is 3.05. The Bertz CT molecular complexity index is 703. The van der Waals surface area contributed by atoms with Crippen LogP contribution in [0.15, 0.2) is 23.1 Å². The van der Waals surface area contributed by atoms with Gasteiger partial charge in [-0.1, -0.05) is 11.6 Å². The molecule has 20 heavy (non-hydrogen) atoms. The van der Waals surface area contributed by atoms with E-state index >= 15 is 0 Å². The van der Waals surface area contributed by atoms with Gasteiger partial charge in [-0.3, -0.25) is 4.79 Å². The van der Waals surface area contributed by atoms with Crippen molar-refractivity contribution < 1.29 is 13.9 Å². The van der Waals surface area contributed by atoms with E-state index < -0.39 is 11.5 Å². The summed E-state index contributed by atoms with van der Waals surface area (Å²) in [6.45, 7) is 0.841. The molecule has 104 valence electrons. The summed E-state index contributed by atoms with van der Waals surface area (Å²) in [5.74, 6) is -0.498. The Morgan fingerprint density at radius 3 is 2.95 bits per heavy atom. The van der Waals surface area contributed by atoms with Gasteiger partial charge in [-0.05, 0) is 6.07 Å². The Hall–Kier alpha value is -1.99. The maximum Gasteiger partial charge on any atom is 0.273 e. The summed E-state index contributed by atoms with van der Waals surface area (Å²) in [6.07, 6.45) is 1.10. The molecular formula is C12H9ClFN3O3. The standard InChI is InChI=1S/C12H9ClFN3O3/c13-9-11(18)16-10(6-1-2-15-8(14)3-6)17-12(9)20-7-4-19-5-7/h1-3,7H,4-5H2,(H,16,17,18). The second-order valence-corrected chi connectivity index (χ2v) is 4.56. The van der Waals surface area contributed by atoms with Crippen LogP contribution in [0.4, 0.5) is 4.39 Å². The minimum Gasteiger partial charge on any atom is -0.468 e. The van der Waals surface area contributed by atoms with Crippen LogP contribution in [0.1, 0.15) is 0 Å². The van der Waals surface area contributed by atoms with Gasteiger partial charge in [0.05, 0.1) is 13.2 Å². The van der Waals surface area contributed by atoms with Crippen LogP contribution in [-0.2, 0) is 4.74 Å². The van der Waals surface area contributed by atoms with Gasteiger partial charge in [-0.25, -0.2) is 4.98 Å². The van der Waals surface area contributed by atoms with Crippen LogP contribution < -0.4 is 10.3 Å². The van der Waals surface area contributed by atoms with E-state index in [1.165, 1.54) is 12.3 Å². The van der Waals surface area contributed by atoms with E-state index in [1.54, 1.807) is 0 Å². The number of hydrogen-bond donors (Lipinski definition) is 1. The SMILES string of the molecule is O=c1[nH]c(-c2ccnc(F)c2)nc(OC2COC2)c1Cl. The highest BCUT2D eigenvalue weighted by atomic mass is 35.5. The van der Waals surface area contributed by atoms with Crippen LogP contribution in [-0.4, -0.2) is 34.3 Å². The Labute approximate surface area is 117 Å². The normalized spacial score (nSPS) is 14.9. The first-order chi connectivity index (χ1) is 9.63. The molecule has 1 N–H and O–H groups in total. The van der Waals surface area contributed by atoms with Crippen LogP contribution in [0.2, 0.25) is 5.02 Å². The fourth-order valence-corrected chi connectivity index (χ4v) is 1.78. The summed E-state index contributed by atoms with van der Waals surface area (Å²) in [5.41, 5.74) is -0.176. The summed E-state index contributed by atoms with van der Waals surface area (Å²) < 4.78 is 23.5. The number of pyridine rings is 1. The lowest BCUT2D eigenvalue weighted by molar-refractivity contribution is -0.0813. The van der Waals surface area contributed by atoms with Crippen molar-refractivity contribution in [1.29, 1.82) is 0 Å². The van der Waals surface area contributed by atoms with Crippen molar-refractivity contribution in [2.75, 3.05) is 13.2 Å². The second kappa shape index (κ2) is 5.18. The maximum absolute atomic E-state index is 13.1. The molecule has 2 aromatic heterocycles. The number of H-pyrrole nitrogens is 1. The molecule has 2 aromatic rings. The lowest BCUT2D eigenvalue weighted by Gasteiger charge is -2.26. The lowest BCUT2D eigenvalue weighted by Crippen LogP contribution is -2.39. The minimum atomic E-state index is -0.671. The largest absolute Gasteiger partial charge is 0.468 e. The molecule has 1 fully saturated rings. The monoisotopic (exact) mass is 297 g/mol. The molecule has 8 heteroatoms. The van der Waals surface area contributed by atoms with Crippen molar-refractivity contribution in [2.45, 2.75) is 6.10 Å². The average molecular weight is 298 g/mol. The van der Waals surface area contributed by atoms with E-state index in [-0.39, 0.29) is 22.8 Å². The molecule has 1 aliphatic heterocycles. The van der Waals surface area contributed by atoms with Gasteiger partial charge in [-0.15, -0.1) is 0 Å². The van der Waals surface area contributed by atoms with Crippen LogP contribution in [0.3, 0.4) is 0 Å². The van der Waals surface area contributed by atoms with Crippen molar-refractivity contribution in [1.82, 2.24) is 15.0 Å². The molecule has 0 bridgehead atoms. The third kappa shape index (κ3) is 2.50. The fourth-order valence-electron chi connectivity index (χ4n) is 1.64. The van der Waals surface area contributed by atoms with Gasteiger partial charge in [0.15, 0.2) is 5.02 Å². The van der Waals surface area contributed by atoms with Crippen LogP contribution in [0, 0.1) is 5.95 Å². The van der Waals surface area contributed by atoms with Gasteiger partial charge in [0.1, 0.15) is 11.9 Å². The van der Waals surface area contributed by atoms with Crippen molar-refractivity contribution >= 4 is 11.6 Å². The van der Waals surface area contributed by atoms with Crippen molar-refractivity contribution in [2.24, 2.45) is 0 Å². The molecular weight excluding hydrogens is 289 g/mol. The van der Waals surface area contributed by atoms with E-state index in [4.69, 9.17) is 21.1 Å². The van der Waals surface area contributed by atoms with E-state index in [1.807, 2.05) is 0 Å². The number of hydrogen-bond acceptors (Lipinski definition) is 5. The molecule has 3 rings (SSSR count). The first-order valence-corrected chi connectivity index (χ1v) is 6.17. The molecule has 3 heterocycles. The zero-order valence-corrected chi connectivity index (χ0v) is 10.9. The molecule has 0 amide bonds. The second-order valence-electron chi connectivity index (χ2n) is 4.18. The van der Waals surface area contributed by atoms with Gasteiger partial charge in [0.2, 0.25) is 11.8 Å². The Morgan fingerprint density at radius 1 is 1.50 bits per heavy atom. The topological polar surface area (TPSA) is 77.1 Å². The number of halogens is 2. The zero-order valence-electron chi connectivity index (χ0n) is 10.1. The summed E-state index contributed by atoms with van der Waals surface area (Å²) in [4.78, 5) is 21.8. The first-order valence-electron chi connectivity index (χ1n) is 5.79. The third-order valence-electron chi connectivity index (χ3n) is 2.72. The molecule has 0 spiro atoms. The van der Waals surface area contributed by atoms with Crippen LogP contribution >= 0.6 is 11.6 Å². The molecule has 1 saturated heterocycles. The quantitative estimate of drug-likeness (QED) is 0.867. The van der Waals surface area contributed by atoms with E-state index in [2.05, 4.69) is 15.0 Å². The van der Waals surface area contributed by atoms with Gasteiger partial charge in [-0.2, -0.15) is 9.37 Å². The summed E-state index contributed by atoms with van der Waals surface area (Å²) in [6, 6.07) is 2.67. The number of aromatic amines is 1. The molecule has 0 radical (unpaired) electrons. The minimum absolute atomic E-state index is 0.0101. The molecule has 6 nitrogen and oxygen atoms in total. The van der Waals surface area contributed by atoms with Crippen molar-refractivity contribution in [3.63, 3.8) is 0 Å². The highest BCUT2D eigenvalue weighted by molar-refractivity contribution is 6.31. The molecule has 0 aromatic carbocycles. The van der Waals surface area contributed by atoms with E-state index in [0.717, 1.165) is 6.07 Å². The molecule has 0 unspecified atom stereocenters. The molecule has 0 saturated carbocycles. The number of ether oxygens (including phenoxy) is 2. The molecule has 1 aliphatic rings. The fraction of sp³-hybridized carbons (Fsp3) is 0.250. The van der Waals surface area contributed by atoms with Crippen LogP contribution in [0.25, 0.3) is 11.4 Å². The highest BCUT2D eigenvalue weighted by Crippen LogP contribution is 2.23. The molecule has 0 aliphatic carbocycles. The number of nitrogens with one attached hydrogen (secondary N) is 1. The van der Waals surface area contributed by atoms with Crippen molar-refractivity contribution in [3.05, 3.63) is 39.7 Å². The van der Waals surface area contributed by atoms with E-state index in [0.29, 0.717) is 18.8 Å². The predicted octanol–water partition coefficient (Wildman–Crippen LogP) is 1.40. The predicted molar refractivity (Wildman–Crippen MR) is 68.3 cm³/mol. The summed E-state index contributed by atoms with van der Waals surface area (Å²) in [5, 5.41) is -0.143. The lowest BCUT2D eigenvalue weighted by atomic mass is 10.2. The van der Waals surface area contributed by atoms with E-state index in [9.17, 15) is 9.18 Å². The number of aromatic nitrogens is 3. The average Bonchev–Trinajstić information content (AvgIpc) is 2.38. The Balaban J connectivity index is 2.01. The number of rotatable bonds is 3. The number of nitrogens with zero attached hydrogens (tertiary/aromatic N) is 2. The maximum atomic E-state index is 13.1. The van der Waals surface area contributed by atoms with Gasteiger partial charge in [0, 0.05) is 17.8 Å². The first kappa shape index (κ1) is 13.0. The van der Waals surface area contributed by atoms with Gasteiger partial charge in [0.25, 0.3) is 5.56 Å². The summed E-state index contributed by atoms with van der Waals surface area (Å²) >= 11 is 5.85. The Morgan fingerprint density at radius 2 is 2.30 bits per heavy atom. The molecule has 0 atom stereocenters. The summed E-state index contributed by atoms with van der Waals surface area (Å²) in [7, 11) is 0. The van der Waals surface area contributed by atoms with Crippen LogP contribution in [0.5, 0.6) is 5.88 Å². The van der Waals surface area contributed by atoms with Crippen molar-refractivity contribution in [3.8, 4) is 17.3 Å². The Kier molecular flexibility index (Phi) is 3.37. The van der Waals surface area contributed by atoms with Gasteiger partial charge < -0.3 is 14.5 Å². The van der Waals surface area contributed by atoms with Gasteiger partial charge >= 0.3 is 0 Å². The highest BCUT2D eigenvalue weighted by Gasteiger charge is 2.23.